The molecule has 1 N–H and O–H groups in total. The fourth-order valence-corrected chi connectivity index (χ4v) is 4.42. The molecule has 1 saturated heterocycles. The Morgan fingerprint density at radius 2 is 2.00 bits per heavy atom. The second-order valence-corrected chi connectivity index (χ2v) is 8.51. The summed E-state index contributed by atoms with van der Waals surface area (Å²) in [6.45, 7) is 5.87. The summed E-state index contributed by atoms with van der Waals surface area (Å²) >= 11 is 7.74. The van der Waals surface area contributed by atoms with Gasteiger partial charge >= 0.3 is 0 Å². The molecule has 2 aromatic rings. The van der Waals surface area contributed by atoms with Crippen molar-refractivity contribution in [2.45, 2.75) is 26.2 Å². The third-order valence-electron chi connectivity index (χ3n) is 4.91. The van der Waals surface area contributed by atoms with Crippen molar-refractivity contribution in [2.24, 2.45) is 4.99 Å². The number of carbonyl (C=O) groups excluding carboxylic acids is 1. The maximum absolute atomic E-state index is 12.6. The van der Waals surface area contributed by atoms with Crippen molar-refractivity contribution in [2.75, 3.05) is 39.8 Å². The molecular weight excluding hydrogens is 533 g/mol. The Morgan fingerprint density at radius 3 is 2.63 bits per heavy atom. The molecular formula is C21H29ClIN5OS. The standard InChI is InChI=1S/C21H28ClN5OS.HI/c1-16-15-29-19(25-16)7-4-8-24-21(23-2)27-11-9-26(10-12-27)20(28)14-17-5-3-6-18(22)13-17;/h3,5-6,13,15H,4,7-12,14H2,1-2H3,(H,23,24);1H. The van der Waals surface area contributed by atoms with Crippen LogP contribution in [0, 0.1) is 6.92 Å². The molecule has 1 fully saturated rings. The van der Waals surface area contributed by atoms with Crippen molar-refractivity contribution in [3.8, 4) is 0 Å². The van der Waals surface area contributed by atoms with Gasteiger partial charge in [0.15, 0.2) is 5.96 Å². The largest absolute Gasteiger partial charge is 0.356 e. The fourth-order valence-electron chi connectivity index (χ4n) is 3.39. The Labute approximate surface area is 204 Å². The summed E-state index contributed by atoms with van der Waals surface area (Å²) in [5, 5.41) is 7.39. The Kier molecular flexibility index (Phi) is 10.3. The molecule has 6 nitrogen and oxygen atoms in total. The van der Waals surface area contributed by atoms with Gasteiger partial charge in [0.2, 0.25) is 5.91 Å². The van der Waals surface area contributed by atoms with Crippen molar-refractivity contribution in [1.82, 2.24) is 20.1 Å². The van der Waals surface area contributed by atoms with Gasteiger partial charge in [-0.3, -0.25) is 9.79 Å². The zero-order valence-corrected chi connectivity index (χ0v) is 21.3. The third-order valence-corrected chi connectivity index (χ3v) is 6.17. The molecule has 9 heteroatoms. The molecule has 1 aliphatic rings. The maximum Gasteiger partial charge on any atom is 0.227 e. The minimum atomic E-state index is 0. The van der Waals surface area contributed by atoms with E-state index >= 15 is 0 Å². The number of hydrogen-bond acceptors (Lipinski definition) is 4. The predicted octanol–water partition coefficient (Wildman–Crippen LogP) is 3.62. The average molecular weight is 562 g/mol. The van der Waals surface area contributed by atoms with Crippen molar-refractivity contribution in [3.63, 3.8) is 0 Å². The number of carbonyl (C=O) groups is 1. The molecule has 0 atom stereocenters. The molecule has 0 unspecified atom stereocenters. The van der Waals surface area contributed by atoms with Crippen LogP contribution in [0.3, 0.4) is 0 Å². The summed E-state index contributed by atoms with van der Waals surface area (Å²) in [5.74, 6) is 1.05. The lowest BCUT2D eigenvalue weighted by Gasteiger charge is -2.36. The summed E-state index contributed by atoms with van der Waals surface area (Å²) in [6.07, 6.45) is 2.39. The second-order valence-electron chi connectivity index (χ2n) is 7.13. The molecule has 0 saturated carbocycles. The van der Waals surface area contributed by atoms with Crippen LogP contribution in [0.4, 0.5) is 0 Å². The highest BCUT2D eigenvalue weighted by molar-refractivity contribution is 14.0. The van der Waals surface area contributed by atoms with E-state index in [0.717, 1.165) is 49.7 Å². The van der Waals surface area contributed by atoms with Crippen molar-refractivity contribution in [1.29, 1.82) is 0 Å². The van der Waals surface area contributed by atoms with Crippen LogP contribution in [0.5, 0.6) is 0 Å². The smallest absolute Gasteiger partial charge is 0.227 e. The first-order valence-electron chi connectivity index (χ1n) is 9.94. The summed E-state index contributed by atoms with van der Waals surface area (Å²) in [4.78, 5) is 25.6. The number of nitrogens with zero attached hydrogens (tertiary/aromatic N) is 4. The van der Waals surface area contributed by atoms with Gasteiger partial charge < -0.3 is 15.1 Å². The number of guanidine groups is 1. The number of piperazine rings is 1. The van der Waals surface area contributed by atoms with E-state index in [2.05, 4.69) is 25.6 Å². The zero-order valence-electron chi connectivity index (χ0n) is 17.4. The van der Waals surface area contributed by atoms with Gasteiger partial charge in [-0.2, -0.15) is 0 Å². The molecule has 164 valence electrons. The minimum absolute atomic E-state index is 0. The first kappa shape index (κ1) is 24.9. The number of aromatic nitrogens is 1. The number of nitrogens with one attached hydrogen (secondary N) is 1. The zero-order chi connectivity index (χ0) is 20.6. The first-order chi connectivity index (χ1) is 14.0. The molecule has 30 heavy (non-hydrogen) atoms. The van der Waals surface area contributed by atoms with Gasteiger partial charge in [-0.25, -0.2) is 4.98 Å². The SMILES string of the molecule is CN=C(NCCCc1nc(C)cs1)N1CCN(C(=O)Cc2cccc(Cl)c2)CC1.I. The quantitative estimate of drug-likeness (QED) is 0.253. The number of amides is 1. The van der Waals surface area contributed by atoms with Crippen molar-refractivity contribution >= 4 is 58.8 Å². The van der Waals surface area contributed by atoms with Gasteiger partial charge in [0.25, 0.3) is 0 Å². The molecule has 1 aromatic heterocycles. The highest BCUT2D eigenvalue weighted by Crippen LogP contribution is 2.13. The van der Waals surface area contributed by atoms with E-state index in [-0.39, 0.29) is 29.9 Å². The molecule has 1 aliphatic heterocycles. The monoisotopic (exact) mass is 561 g/mol. The molecule has 0 radical (unpaired) electrons. The van der Waals surface area contributed by atoms with Crippen molar-refractivity contribution in [3.05, 3.63) is 50.9 Å². The van der Waals surface area contributed by atoms with Crippen molar-refractivity contribution < 1.29 is 4.79 Å². The highest BCUT2D eigenvalue weighted by Gasteiger charge is 2.23. The molecule has 2 heterocycles. The van der Waals surface area contributed by atoms with E-state index in [1.807, 2.05) is 43.1 Å². The first-order valence-corrected chi connectivity index (χ1v) is 11.2. The number of halogens is 2. The molecule has 1 aromatic carbocycles. The Morgan fingerprint density at radius 1 is 1.27 bits per heavy atom. The van der Waals surface area contributed by atoms with Gasteiger partial charge in [-0.1, -0.05) is 23.7 Å². The van der Waals surface area contributed by atoms with E-state index < -0.39 is 0 Å². The Bertz CT molecular complexity index is 851. The summed E-state index contributed by atoms with van der Waals surface area (Å²) in [5.41, 5.74) is 2.05. The van der Waals surface area contributed by atoms with E-state index in [1.165, 1.54) is 5.01 Å². The number of hydrogen-bond donors (Lipinski definition) is 1. The minimum Gasteiger partial charge on any atom is -0.356 e. The van der Waals surface area contributed by atoms with Crippen LogP contribution in [0.15, 0.2) is 34.6 Å². The number of thiazole rings is 1. The average Bonchev–Trinajstić information content (AvgIpc) is 3.13. The fraction of sp³-hybridized carbons (Fsp3) is 0.476. The third kappa shape index (κ3) is 7.39. The van der Waals surface area contributed by atoms with Crippen LogP contribution in [-0.4, -0.2) is 66.4 Å². The highest BCUT2D eigenvalue weighted by atomic mass is 127. The number of aryl methyl sites for hydroxylation is 2. The lowest BCUT2D eigenvalue weighted by Crippen LogP contribution is -2.54. The Balaban J connectivity index is 0.00000320. The topological polar surface area (TPSA) is 60.8 Å². The van der Waals surface area contributed by atoms with Gasteiger partial charge in [0.05, 0.1) is 11.4 Å². The normalized spacial score (nSPS) is 14.4. The van der Waals surface area contributed by atoms with Crippen LogP contribution in [0.25, 0.3) is 0 Å². The number of rotatable bonds is 6. The van der Waals surface area contributed by atoms with Gasteiger partial charge in [0.1, 0.15) is 0 Å². The number of benzene rings is 1. The molecule has 0 spiro atoms. The van der Waals surface area contributed by atoms with Crippen LogP contribution < -0.4 is 5.32 Å². The van der Waals surface area contributed by atoms with Crippen LogP contribution >= 0.6 is 46.9 Å². The summed E-state index contributed by atoms with van der Waals surface area (Å²) in [6, 6.07) is 7.51. The molecule has 1 amide bonds. The van der Waals surface area contributed by atoms with E-state index in [4.69, 9.17) is 11.6 Å². The van der Waals surface area contributed by atoms with E-state index in [0.29, 0.717) is 24.5 Å². The summed E-state index contributed by atoms with van der Waals surface area (Å²) < 4.78 is 0. The molecule has 0 aliphatic carbocycles. The van der Waals surface area contributed by atoms with Crippen LogP contribution in [-0.2, 0) is 17.6 Å². The van der Waals surface area contributed by atoms with Crippen LogP contribution in [0.1, 0.15) is 22.7 Å². The lowest BCUT2D eigenvalue weighted by atomic mass is 10.1. The summed E-state index contributed by atoms with van der Waals surface area (Å²) in [7, 11) is 1.81. The molecule has 3 rings (SSSR count). The maximum atomic E-state index is 12.6. The number of aliphatic imine (C=N–C) groups is 1. The Hall–Kier alpha value is -1.39. The van der Waals surface area contributed by atoms with Gasteiger partial charge in [-0.05, 0) is 31.0 Å². The van der Waals surface area contributed by atoms with Crippen LogP contribution in [0.2, 0.25) is 5.02 Å². The molecule has 0 bridgehead atoms. The lowest BCUT2D eigenvalue weighted by molar-refractivity contribution is -0.131. The van der Waals surface area contributed by atoms with E-state index in [9.17, 15) is 4.79 Å². The predicted molar refractivity (Wildman–Crippen MR) is 135 cm³/mol. The van der Waals surface area contributed by atoms with Gasteiger partial charge in [-0.15, -0.1) is 35.3 Å². The van der Waals surface area contributed by atoms with E-state index in [1.54, 1.807) is 11.3 Å². The second kappa shape index (κ2) is 12.5. The van der Waals surface area contributed by atoms with Gasteiger partial charge in [0, 0.05) is 62.3 Å².